The summed E-state index contributed by atoms with van der Waals surface area (Å²) in [5.74, 6) is -0.696. The highest BCUT2D eigenvalue weighted by molar-refractivity contribution is 6.34. The van der Waals surface area contributed by atoms with Gasteiger partial charge in [-0.15, -0.1) is 0 Å². The normalized spacial score (nSPS) is 10.1. The molecular weight excluding hydrogens is 255 g/mol. The SMILES string of the molecule is C=C(C#N)/N=C/C(=C)c1cc(F)c(C=O)cc1Cl. The number of hydrogen-bond acceptors (Lipinski definition) is 3. The summed E-state index contributed by atoms with van der Waals surface area (Å²) >= 11 is 5.89. The monoisotopic (exact) mass is 262 g/mol. The molecule has 0 spiro atoms. The third kappa shape index (κ3) is 3.12. The first-order valence-corrected chi connectivity index (χ1v) is 5.14. The highest BCUT2D eigenvalue weighted by Crippen LogP contribution is 2.25. The maximum atomic E-state index is 13.4. The molecule has 0 atom stereocenters. The fourth-order valence-corrected chi connectivity index (χ4v) is 1.45. The van der Waals surface area contributed by atoms with Gasteiger partial charge in [0.15, 0.2) is 6.29 Å². The summed E-state index contributed by atoms with van der Waals surface area (Å²) in [5, 5.41) is 8.65. The summed E-state index contributed by atoms with van der Waals surface area (Å²) in [4.78, 5) is 14.2. The van der Waals surface area contributed by atoms with Crippen LogP contribution >= 0.6 is 11.6 Å². The summed E-state index contributed by atoms with van der Waals surface area (Å²) in [6.45, 7) is 7.00. The number of carbonyl (C=O) groups is 1. The Hall–Kier alpha value is -2.25. The lowest BCUT2D eigenvalue weighted by molar-refractivity contribution is 0.112. The number of carbonyl (C=O) groups excluding carboxylic acids is 1. The fourth-order valence-electron chi connectivity index (χ4n) is 1.15. The van der Waals surface area contributed by atoms with Crippen LogP contribution in [0.1, 0.15) is 15.9 Å². The number of benzene rings is 1. The molecule has 5 heteroatoms. The van der Waals surface area contributed by atoms with Crippen molar-refractivity contribution in [1.29, 1.82) is 5.26 Å². The van der Waals surface area contributed by atoms with Gasteiger partial charge >= 0.3 is 0 Å². The van der Waals surface area contributed by atoms with Crippen LogP contribution in [0.4, 0.5) is 4.39 Å². The summed E-state index contributed by atoms with van der Waals surface area (Å²) in [6, 6.07) is 4.03. The standard InChI is InChI=1S/C13H8ClFN2O/c1-8(6-17-9(2)5-16)11-4-13(15)10(7-18)3-12(11)14/h3-4,6-7H,1-2H2/b17-6+. The van der Waals surface area contributed by atoms with E-state index in [1.54, 1.807) is 6.07 Å². The van der Waals surface area contributed by atoms with Crippen molar-refractivity contribution in [1.82, 2.24) is 0 Å². The number of allylic oxidation sites excluding steroid dienone is 2. The van der Waals surface area contributed by atoms with Crippen molar-refractivity contribution in [3.63, 3.8) is 0 Å². The van der Waals surface area contributed by atoms with Crippen molar-refractivity contribution < 1.29 is 9.18 Å². The van der Waals surface area contributed by atoms with Crippen LogP contribution in [0.5, 0.6) is 0 Å². The summed E-state index contributed by atoms with van der Waals surface area (Å²) < 4.78 is 13.4. The van der Waals surface area contributed by atoms with Crippen LogP contribution in [-0.4, -0.2) is 12.5 Å². The summed E-state index contributed by atoms with van der Waals surface area (Å²) in [6.07, 6.45) is 1.63. The van der Waals surface area contributed by atoms with E-state index in [1.807, 2.05) is 0 Å². The van der Waals surface area contributed by atoms with Crippen LogP contribution < -0.4 is 0 Å². The van der Waals surface area contributed by atoms with Crippen molar-refractivity contribution in [3.05, 3.63) is 53.0 Å². The van der Waals surface area contributed by atoms with Crippen LogP contribution in [0, 0.1) is 17.1 Å². The number of nitriles is 1. The highest BCUT2D eigenvalue weighted by atomic mass is 35.5. The maximum absolute atomic E-state index is 13.4. The van der Waals surface area contributed by atoms with E-state index in [1.165, 1.54) is 12.3 Å². The van der Waals surface area contributed by atoms with Gasteiger partial charge in [0.1, 0.15) is 17.6 Å². The molecule has 0 fully saturated rings. The van der Waals surface area contributed by atoms with E-state index in [0.29, 0.717) is 17.4 Å². The number of rotatable bonds is 4. The number of halogens is 2. The molecule has 0 bridgehead atoms. The van der Waals surface area contributed by atoms with E-state index in [2.05, 4.69) is 18.2 Å². The number of hydrogen-bond donors (Lipinski definition) is 0. The molecule has 3 nitrogen and oxygen atoms in total. The van der Waals surface area contributed by atoms with Gasteiger partial charge in [-0.3, -0.25) is 4.79 Å². The highest BCUT2D eigenvalue weighted by Gasteiger charge is 2.09. The van der Waals surface area contributed by atoms with Crippen LogP contribution in [0.25, 0.3) is 5.57 Å². The molecule has 0 heterocycles. The molecule has 0 radical (unpaired) electrons. The quantitative estimate of drug-likeness (QED) is 0.474. The molecule has 0 saturated heterocycles. The van der Waals surface area contributed by atoms with Crippen molar-refractivity contribution in [3.8, 4) is 6.07 Å². The zero-order chi connectivity index (χ0) is 13.7. The lowest BCUT2D eigenvalue weighted by atomic mass is 10.1. The largest absolute Gasteiger partial charge is 0.298 e. The Balaban J connectivity index is 3.12. The molecule has 0 aliphatic rings. The summed E-state index contributed by atoms with van der Waals surface area (Å²) in [5.41, 5.74) is 0.481. The molecule has 0 unspecified atom stereocenters. The molecule has 0 aromatic heterocycles. The van der Waals surface area contributed by atoms with E-state index >= 15 is 0 Å². The Morgan fingerprint density at radius 3 is 2.72 bits per heavy atom. The van der Waals surface area contributed by atoms with Gasteiger partial charge in [0.05, 0.1) is 5.56 Å². The van der Waals surface area contributed by atoms with Crippen LogP contribution in [0.3, 0.4) is 0 Å². The van der Waals surface area contributed by atoms with E-state index in [9.17, 15) is 9.18 Å². The molecule has 0 amide bonds. The Morgan fingerprint density at radius 2 is 2.17 bits per heavy atom. The zero-order valence-electron chi connectivity index (χ0n) is 9.28. The molecule has 0 aliphatic carbocycles. The lowest BCUT2D eigenvalue weighted by Gasteiger charge is -2.05. The number of aldehydes is 1. The minimum Gasteiger partial charge on any atom is -0.298 e. The van der Waals surface area contributed by atoms with Crippen molar-refractivity contribution in [2.24, 2.45) is 4.99 Å². The van der Waals surface area contributed by atoms with Crippen molar-refractivity contribution in [2.75, 3.05) is 0 Å². The van der Waals surface area contributed by atoms with Gasteiger partial charge in [-0.1, -0.05) is 24.8 Å². The number of aliphatic imine (C=N–C) groups is 1. The van der Waals surface area contributed by atoms with Gasteiger partial charge in [-0.05, 0) is 17.7 Å². The zero-order valence-corrected chi connectivity index (χ0v) is 10.0. The molecule has 18 heavy (non-hydrogen) atoms. The predicted molar refractivity (Wildman–Crippen MR) is 69.1 cm³/mol. The Morgan fingerprint density at radius 1 is 1.50 bits per heavy atom. The second kappa shape index (κ2) is 5.89. The van der Waals surface area contributed by atoms with Crippen molar-refractivity contribution >= 4 is 29.7 Å². The average Bonchev–Trinajstić information content (AvgIpc) is 2.37. The molecule has 1 aromatic rings. The molecule has 1 rings (SSSR count). The first-order chi connectivity index (χ1) is 8.49. The Labute approximate surface area is 109 Å². The van der Waals surface area contributed by atoms with E-state index in [4.69, 9.17) is 16.9 Å². The molecular formula is C13H8ClFN2O. The predicted octanol–water partition coefficient (Wildman–Crippen LogP) is 3.41. The van der Waals surface area contributed by atoms with Crippen LogP contribution in [0.2, 0.25) is 5.02 Å². The van der Waals surface area contributed by atoms with Gasteiger partial charge in [0, 0.05) is 16.8 Å². The molecule has 0 N–H and O–H groups in total. The van der Waals surface area contributed by atoms with Gasteiger partial charge in [-0.2, -0.15) is 5.26 Å². The van der Waals surface area contributed by atoms with Crippen LogP contribution in [-0.2, 0) is 0 Å². The van der Waals surface area contributed by atoms with Crippen LogP contribution in [0.15, 0.2) is 36.0 Å². The molecule has 90 valence electrons. The average molecular weight is 263 g/mol. The van der Waals surface area contributed by atoms with Gasteiger partial charge < -0.3 is 0 Å². The minimum atomic E-state index is -0.696. The molecule has 1 aromatic carbocycles. The topological polar surface area (TPSA) is 53.2 Å². The first-order valence-electron chi connectivity index (χ1n) is 4.76. The van der Waals surface area contributed by atoms with Gasteiger partial charge in [0.2, 0.25) is 0 Å². The third-order valence-corrected chi connectivity index (χ3v) is 2.38. The van der Waals surface area contributed by atoms with Crippen molar-refractivity contribution in [2.45, 2.75) is 0 Å². The second-order valence-corrected chi connectivity index (χ2v) is 3.72. The maximum Gasteiger partial charge on any atom is 0.153 e. The lowest BCUT2D eigenvalue weighted by Crippen LogP contribution is -1.93. The summed E-state index contributed by atoms with van der Waals surface area (Å²) in [7, 11) is 0. The fraction of sp³-hybridized carbons (Fsp3) is 0. The van der Waals surface area contributed by atoms with Gasteiger partial charge in [0.25, 0.3) is 0 Å². The number of nitrogens with zero attached hydrogens (tertiary/aromatic N) is 2. The second-order valence-electron chi connectivity index (χ2n) is 3.31. The molecule has 0 saturated carbocycles. The first kappa shape index (κ1) is 13.8. The molecule has 0 aliphatic heterocycles. The smallest absolute Gasteiger partial charge is 0.153 e. The van der Waals surface area contributed by atoms with E-state index in [-0.39, 0.29) is 16.3 Å². The Bertz CT molecular complexity index is 600. The third-order valence-electron chi connectivity index (χ3n) is 2.06. The van der Waals surface area contributed by atoms with E-state index < -0.39 is 5.82 Å². The van der Waals surface area contributed by atoms with Gasteiger partial charge in [-0.25, -0.2) is 9.38 Å². The minimum absolute atomic E-state index is 0.00254. The Kier molecular flexibility index (Phi) is 4.52. The van der Waals surface area contributed by atoms with E-state index in [0.717, 1.165) is 6.07 Å².